The highest BCUT2D eigenvalue weighted by Gasteiger charge is 2.43. The van der Waals surface area contributed by atoms with Crippen molar-refractivity contribution >= 4 is 22.6 Å². The molecule has 1 aromatic heterocycles. The summed E-state index contributed by atoms with van der Waals surface area (Å²) in [4.78, 5) is 27.0. The first-order valence-electron chi connectivity index (χ1n) is 11.3. The molecule has 0 saturated carbocycles. The Labute approximate surface area is 201 Å². The van der Waals surface area contributed by atoms with Gasteiger partial charge in [0.2, 0.25) is 0 Å². The molecule has 1 unspecified atom stereocenters. The number of ether oxygens (including phenoxy) is 1. The lowest BCUT2D eigenvalue weighted by molar-refractivity contribution is -0.137. The molecule has 6 nitrogen and oxygen atoms in total. The van der Waals surface area contributed by atoms with Crippen molar-refractivity contribution in [2.75, 3.05) is 18.1 Å². The molecule has 3 aromatic rings. The van der Waals surface area contributed by atoms with Crippen molar-refractivity contribution in [2.24, 2.45) is 5.92 Å². The Balaban J connectivity index is 1.78. The highest BCUT2D eigenvalue weighted by molar-refractivity contribution is 5.95. The van der Waals surface area contributed by atoms with Crippen LogP contribution in [0.4, 0.5) is 32.4 Å². The molecule has 1 fully saturated rings. The number of aliphatic hydroxyl groups excluding tert-OH is 1. The molecule has 11 heteroatoms. The number of fused-ring (bicyclic) bond motifs is 4. The van der Waals surface area contributed by atoms with Crippen molar-refractivity contribution in [3.8, 4) is 11.3 Å². The molecule has 3 heterocycles. The first kappa shape index (κ1) is 24.2. The van der Waals surface area contributed by atoms with Crippen LogP contribution in [0.5, 0.6) is 0 Å². The van der Waals surface area contributed by atoms with Gasteiger partial charge in [-0.2, -0.15) is 13.2 Å². The summed E-state index contributed by atoms with van der Waals surface area (Å²) in [5.74, 6) is -4.26. The molecule has 5 rings (SSSR count). The monoisotopic (exact) mass is 508 g/mol. The molecule has 1 amide bonds. The summed E-state index contributed by atoms with van der Waals surface area (Å²) in [5.41, 5.74) is -3.32. The van der Waals surface area contributed by atoms with E-state index in [2.05, 4.69) is 0 Å². The van der Waals surface area contributed by atoms with Crippen LogP contribution in [-0.2, 0) is 23.4 Å². The topological polar surface area (TPSA) is 71.8 Å². The average Bonchev–Trinajstić information content (AvgIpc) is 3.19. The van der Waals surface area contributed by atoms with Crippen molar-refractivity contribution in [2.45, 2.75) is 38.1 Å². The first-order valence-corrected chi connectivity index (χ1v) is 11.3. The largest absolute Gasteiger partial charge is 0.441 e. The van der Waals surface area contributed by atoms with Gasteiger partial charge in [0.1, 0.15) is 6.10 Å². The van der Waals surface area contributed by atoms with Gasteiger partial charge in [0.25, 0.3) is 11.5 Å². The molecule has 2 atom stereocenters. The van der Waals surface area contributed by atoms with Gasteiger partial charge in [-0.3, -0.25) is 9.69 Å². The molecular weight excluding hydrogens is 487 g/mol. The number of rotatable bonds is 2. The summed E-state index contributed by atoms with van der Waals surface area (Å²) in [6, 6.07) is 8.31. The van der Waals surface area contributed by atoms with Gasteiger partial charge in [-0.25, -0.2) is 13.6 Å². The van der Waals surface area contributed by atoms with Gasteiger partial charge >= 0.3 is 12.3 Å². The molecular formula is C25H21F5N2O4. The maximum Gasteiger partial charge on any atom is 0.417 e. The summed E-state index contributed by atoms with van der Waals surface area (Å²) in [7, 11) is 0. The maximum atomic E-state index is 15.2. The first-order chi connectivity index (χ1) is 16.9. The number of aromatic nitrogens is 1. The molecule has 0 aliphatic carbocycles. The van der Waals surface area contributed by atoms with Gasteiger partial charge in [0.05, 0.1) is 24.4 Å². The van der Waals surface area contributed by atoms with E-state index in [-0.39, 0.29) is 36.2 Å². The quantitative estimate of drug-likeness (QED) is 0.487. The lowest BCUT2D eigenvalue weighted by Crippen LogP contribution is -2.32. The van der Waals surface area contributed by atoms with E-state index in [1.807, 2.05) is 0 Å². The van der Waals surface area contributed by atoms with Crippen molar-refractivity contribution < 1.29 is 36.6 Å². The summed E-state index contributed by atoms with van der Waals surface area (Å²) in [6.45, 7) is 0.976. The number of cyclic esters (lactones) is 1. The third-order valence-electron chi connectivity index (χ3n) is 6.60. The van der Waals surface area contributed by atoms with Crippen LogP contribution in [0.15, 0.2) is 47.3 Å². The molecule has 0 radical (unpaired) electrons. The van der Waals surface area contributed by atoms with Crippen LogP contribution in [-0.4, -0.2) is 35.0 Å². The predicted octanol–water partition coefficient (Wildman–Crippen LogP) is 5.14. The molecule has 0 spiro atoms. The van der Waals surface area contributed by atoms with Crippen LogP contribution < -0.4 is 10.5 Å². The summed E-state index contributed by atoms with van der Waals surface area (Å²) in [5, 5.41) is 9.63. The second kappa shape index (κ2) is 8.29. The smallest absolute Gasteiger partial charge is 0.417 e. The number of carbonyl (C=O) groups is 1. The number of aliphatic hydroxyl groups is 1. The number of benzene rings is 2. The number of pyridine rings is 1. The number of hydrogen-bond acceptors (Lipinski definition) is 4. The van der Waals surface area contributed by atoms with Gasteiger partial charge < -0.3 is 14.4 Å². The Bertz CT molecular complexity index is 1430. The van der Waals surface area contributed by atoms with Crippen LogP contribution >= 0.6 is 0 Å². The number of alkyl halides is 5. The zero-order valence-electron chi connectivity index (χ0n) is 19.0. The number of amides is 1. The van der Waals surface area contributed by atoms with Crippen LogP contribution in [0.3, 0.4) is 0 Å². The minimum absolute atomic E-state index is 0.0571. The van der Waals surface area contributed by atoms with Gasteiger partial charge in [0, 0.05) is 35.2 Å². The highest BCUT2D eigenvalue weighted by atomic mass is 19.4. The SMILES string of the molecule is CC1Cn2c(cc3ccc(N4C[C@H](CO)OC4=O)cc3c2=O)-c2c(C(F)(F)F)cccc2C(F)(F)C1. The van der Waals surface area contributed by atoms with E-state index >= 15 is 8.78 Å². The van der Waals surface area contributed by atoms with Gasteiger partial charge in [-0.15, -0.1) is 0 Å². The van der Waals surface area contributed by atoms with Gasteiger partial charge in [0.15, 0.2) is 0 Å². The molecule has 1 saturated heterocycles. The molecule has 190 valence electrons. The standard InChI is InChI=1S/C25H21F5N2O4/c1-13-9-24(26,27)18-3-2-4-19(25(28,29)30)21(18)20-7-14-5-6-15(8-17(14)22(34)32(20)10-13)31-11-16(12-33)36-23(31)35/h2-8,13,16,33H,9-12H2,1H3/t13?,16-/m1/s1. The van der Waals surface area contributed by atoms with E-state index in [1.54, 1.807) is 0 Å². The predicted molar refractivity (Wildman–Crippen MR) is 121 cm³/mol. The molecule has 36 heavy (non-hydrogen) atoms. The summed E-state index contributed by atoms with van der Waals surface area (Å²) in [6.07, 6.45) is -7.09. The fourth-order valence-corrected chi connectivity index (χ4v) is 5.01. The Morgan fingerprint density at radius 3 is 2.53 bits per heavy atom. The van der Waals surface area contributed by atoms with E-state index in [0.29, 0.717) is 5.69 Å². The fraction of sp³-hybridized carbons (Fsp3) is 0.360. The van der Waals surface area contributed by atoms with Crippen molar-refractivity contribution in [1.82, 2.24) is 4.57 Å². The van der Waals surface area contributed by atoms with Crippen LogP contribution in [0.2, 0.25) is 0 Å². The zero-order valence-corrected chi connectivity index (χ0v) is 19.0. The lowest BCUT2D eigenvalue weighted by Gasteiger charge is -2.30. The zero-order chi connectivity index (χ0) is 26.0. The minimum atomic E-state index is -4.93. The fourth-order valence-electron chi connectivity index (χ4n) is 5.01. The summed E-state index contributed by atoms with van der Waals surface area (Å²) >= 11 is 0. The highest BCUT2D eigenvalue weighted by Crippen LogP contribution is 2.47. The van der Waals surface area contributed by atoms with E-state index in [0.717, 1.165) is 22.8 Å². The average molecular weight is 508 g/mol. The lowest BCUT2D eigenvalue weighted by atomic mass is 9.86. The van der Waals surface area contributed by atoms with E-state index < -0.39 is 58.9 Å². The van der Waals surface area contributed by atoms with E-state index in [9.17, 15) is 27.9 Å². The van der Waals surface area contributed by atoms with Crippen LogP contribution in [0, 0.1) is 5.92 Å². The van der Waals surface area contributed by atoms with Gasteiger partial charge in [-0.1, -0.05) is 25.1 Å². The Morgan fingerprint density at radius 1 is 1.11 bits per heavy atom. The molecule has 2 aliphatic rings. The Morgan fingerprint density at radius 2 is 1.86 bits per heavy atom. The second-order valence-electron chi connectivity index (χ2n) is 9.26. The molecule has 2 aromatic carbocycles. The molecule has 2 aliphatic heterocycles. The van der Waals surface area contributed by atoms with Crippen molar-refractivity contribution in [3.05, 3.63) is 63.9 Å². The normalized spacial score (nSPS) is 21.5. The number of anilines is 1. The number of nitrogens with zero attached hydrogens (tertiary/aromatic N) is 2. The van der Waals surface area contributed by atoms with Gasteiger partial charge in [-0.05, 0) is 35.6 Å². The maximum absolute atomic E-state index is 15.2. The minimum Gasteiger partial charge on any atom is -0.441 e. The van der Waals surface area contributed by atoms with E-state index in [4.69, 9.17) is 4.74 Å². The number of hydrogen-bond donors (Lipinski definition) is 1. The molecule has 0 bridgehead atoms. The molecule has 1 N–H and O–H groups in total. The Hall–Kier alpha value is -3.47. The van der Waals surface area contributed by atoms with Crippen LogP contribution in [0.1, 0.15) is 24.5 Å². The number of carbonyl (C=O) groups excluding carboxylic acids is 1. The third-order valence-corrected chi connectivity index (χ3v) is 6.60. The van der Waals surface area contributed by atoms with E-state index in [1.165, 1.54) is 36.1 Å². The third kappa shape index (κ3) is 3.91. The summed E-state index contributed by atoms with van der Waals surface area (Å²) < 4.78 is 78.4. The second-order valence-corrected chi connectivity index (χ2v) is 9.26. The Kier molecular flexibility index (Phi) is 5.58. The van der Waals surface area contributed by atoms with Crippen molar-refractivity contribution in [3.63, 3.8) is 0 Å². The number of halogens is 5. The van der Waals surface area contributed by atoms with Crippen LogP contribution in [0.25, 0.3) is 22.0 Å². The van der Waals surface area contributed by atoms with Crippen molar-refractivity contribution in [1.29, 1.82) is 0 Å².